The van der Waals surface area contributed by atoms with Crippen LogP contribution in [0.3, 0.4) is 0 Å². The number of fused-ring (bicyclic) bond motifs is 8. The van der Waals surface area contributed by atoms with Gasteiger partial charge in [-0.15, -0.1) is 11.3 Å². The molecule has 49 heavy (non-hydrogen) atoms. The Balaban J connectivity index is 1.22. The van der Waals surface area contributed by atoms with E-state index < -0.39 is 0 Å². The molecule has 2 nitrogen and oxygen atoms in total. The number of nitrogens with zero attached hydrogens (tertiary/aromatic N) is 1. The van der Waals surface area contributed by atoms with Gasteiger partial charge in [-0.05, 0) is 81.6 Å². The minimum atomic E-state index is 0.883. The zero-order chi connectivity index (χ0) is 32.3. The van der Waals surface area contributed by atoms with Gasteiger partial charge in [-0.2, -0.15) is 0 Å². The van der Waals surface area contributed by atoms with Gasteiger partial charge in [0.1, 0.15) is 11.2 Å². The van der Waals surface area contributed by atoms with Crippen molar-refractivity contribution >= 4 is 81.3 Å². The lowest BCUT2D eigenvalue weighted by Gasteiger charge is -2.26. The number of thiophene rings is 1. The maximum atomic E-state index is 6.63. The normalized spacial score (nSPS) is 11.7. The Bertz CT molecular complexity index is 2810. The van der Waals surface area contributed by atoms with Crippen molar-refractivity contribution in [3.63, 3.8) is 0 Å². The van der Waals surface area contributed by atoms with Crippen molar-refractivity contribution in [1.29, 1.82) is 0 Å². The summed E-state index contributed by atoms with van der Waals surface area (Å²) in [6.07, 6.45) is 0. The standard InChI is InChI=1S/C46H29NOS/c1-3-12-30(13-4-1)31-22-24-33(25-23-31)47(41-20-11-19-38-36-17-9-10-21-44(36)49-46(38)41)34-26-27-42-40(28-34)45-37-18-8-7-16-35(37)39(29-43(45)48-42)32-14-5-2-6-15-32/h1-29H. The van der Waals surface area contributed by atoms with Crippen LogP contribution in [0.2, 0.25) is 0 Å². The van der Waals surface area contributed by atoms with E-state index in [9.17, 15) is 0 Å². The number of hydrogen-bond acceptors (Lipinski definition) is 3. The molecule has 0 N–H and O–H groups in total. The van der Waals surface area contributed by atoms with Crippen LogP contribution >= 0.6 is 11.3 Å². The van der Waals surface area contributed by atoms with E-state index in [4.69, 9.17) is 4.42 Å². The summed E-state index contributed by atoms with van der Waals surface area (Å²) in [5.41, 5.74) is 9.90. The highest BCUT2D eigenvalue weighted by atomic mass is 32.1. The van der Waals surface area contributed by atoms with Crippen molar-refractivity contribution in [2.24, 2.45) is 0 Å². The Morgan fingerprint density at radius 1 is 0.408 bits per heavy atom. The van der Waals surface area contributed by atoms with Crippen molar-refractivity contribution in [2.45, 2.75) is 0 Å². The first-order chi connectivity index (χ1) is 24.3. The van der Waals surface area contributed by atoms with Gasteiger partial charge >= 0.3 is 0 Å². The molecule has 0 amide bonds. The Labute approximate surface area is 287 Å². The quantitative estimate of drug-likeness (QED) is 0.186. The molecule has 0 radical (unpaired) electrons. The lowest BCUT2D eigenvalue weighted by atomic mass is 9.95. The van der Waals surface area contributed by atoms with Crippen LogP contribution in [0.25, 0.3) is 75.1 Å². The van der Waals surface area contributed by atoms with Gasteiger partial charge in [-0.3, -0.25) is 0 Å². The third-order valence-electron chi connectivity index (χ3n) is 9.66. The highest BCUT2D eigenvalue weighted by Gasteiger charge is 2.21. The Hall–Kier alpha value is -6.16. The minimum Gasteiger partial charge on any atom is -0.456 e. The molecule has 0 spiro atoms. The molecule has 0 saturated heterocycles. The summed E-state index contributed by atoms with van der Waals surface area (Å²) in [6.45, 7) is 0. The highest BCUT2D eigenvalue weighted by molar-refractivity contribution is 7.26. The van der Waals surface area contributed by atoms with Gasteiger partial charge < -0.3 is 9.32 Å². The van der Waals surface area contributed by atoms with Gasteiger partial charge in [0.05, 0.1) is 10.4 Å². The monoisotopic (exact) mass is 643 g/mol. The smallest absolute Gasteiger partial charge is 0.136 e. The lowest BCUT2D eigenvalue weighted by molar-refractivity contribution is 0.669. The molecule has 8 aromatic carbocycles. The predicted octanol–water partition coefficient (Wildman–Crippen LogP) is 13.9. The van der Waals surface area contributed by atoms with Crippen molar-refractivity contribution in [3.05, 3.63) is 176 Å². The fraction of sp³-hybridized carbons (Fsp3) is 0. The van der Waals surface area contributed by atoms with Crippen LogP contribution in [0.15, 0.2) is 180 Å². The maximum absolute atomic E-state index is 6.63. The van der Waals surface area contributed by atoms with Crippen molar-refractivity contribution in [2.75, 3.05) is 4.90 Å². The lowest BCUT2D eigenvalue weighted by Crippen LogP contribution is -2.10. The van der Waals surface area contributed by atoms with E-state index in [1.807, 2.05) is 11.3 Å². The molecule has 0 saturated carbocycles. The van der Waals surface area contributed by atoms with Gasteiger partial charge in [0.25, 0.3) is 0 Å². The average molecular weight is 644 g/mol. The van der Waals surface area contributed by atoms with Gasteiger partial charge in [0.2, 0.25) is 0 Å². The third kappa shape index (κ3) is 4.55. The zero-order valence-electron chi connectivity index (χ0n) is 26.5. The van der Waals surface area contributed by atoms with Crippen LogP contribution in [-0.2, 0) is 0 Å². The Kier molecular flexibility index (Phi) is 6.39. The second-order valence-electron chi connectivity index (χ2n) is 12.5. The van der Waals surface area contributed by atoms with E-state index in [1.165, 1.54) is 53.2 Å². The molecule has 10 aromatic rings. The molecule has 10 rings (SSSR count). The SMILES string of the molecule is c1ccc(-c2ccc(N(c3ccc4oc5cc(-c6ccccc6)c6ccccc6c5c4c3)c3cccc4c3sc3ccccc34)cc2)cc1. The van der Waals surface area contributed by atoms with Crippen LogP contribution in [0, 0.1) is 0 Å². The molecule has 0 atom stereocenters. The molecule has 0 aliphatic rings. The van der Waals surface area contributed by atoms with Crippen molar-refractivity contribution in [3.8, 4) is 22.3 Å². The van der Waals surface area contributed by atoms with E-state index in [0.29, 0.717) is 0 Å². The minimum absolute atomic E-state index is 0.883. The summed E-state index contributed by atoms with van der Waals surface area (Å²) in [7, 11) is 0. The van der Waals surface area contributed by atoms with Crippen LogP contribution in [-0.4, -0.2) is 0 Å². The summed E-state index contributed by atoms with van der Waals surface area (Å²) >= 11 is 1.86. The first-order valence-electron chi connectivity index (χ1n) is 16.6. The van der Waals surface area contributed by atoms with Crippen molar-refractivity contribution in [1.82, 2.24) is 0 Å². The molecule has 3 heteroatoms. The molecule has 0 bridgehead atoms. The summed E-state index contributed by atoms with van der Waals surface area (Å²) in [6, 6.07) is 63.1. The molecule has 0 unspecified atom stereocenters. The first-order valence-corrected chi connectivity index (χ1v) is 17.4. The van der Waals surface area contributed by atoms with Gasteiger partial charge in [-0.25, -0.2) is 0 Å². The Morgan fingerprint density at radius 2 is 1.04 bits per heavy atom. The van der Waals surface area contributed by atoms with E-state index in [1.54, 1.807) is 0 Å². The van der Waals surface area contributed by atoms with Gasteiger partial charge in [-0.1, -0.05) is 127 Å². The fourth-order valence-electron chi connectivity index (χ4n) is 7.39. The fourth-order valence-corrected chi connectivity index (χ4v) is 8.60. The second kappa shape index (κ2) is 11.2. The number of benzene rings is 8. The molecular weight excluding hydrogens is 615 g/mol. The summed E-state index contributed by atoms with van der Waals surface area (Å²) in [5, 5.41) is 7.24. The van der Waals surface area contributed by atoms with Crippen LogP contribution in [0.5, 0.6) is 0 Å². The van der Waals surface area contributed by atoms with Crippen molar-refractivity contribution < 1.29 is 4.42 Å². The summed E-state index contributed by atoms with van der Waals surface area (Å²) < 4.78 is 9.19. The average Bonchev–Trinajstić information content (AvgIpc) is 3.74. The number of anilines is 3. The van der Waals surface area contributed by atoms with Crippen LogP contribution in [0.1, 0.15) is 0 Å². The topological polar surface area (TPSA) is 16.4 Å². The molecule has 2 aromatic heterocycles. The summed E-state index contributed by atoms with van der Waals surface area (Å²) in [4.78, 5) is 2.41. The van der Waals surface area contributed by atoms with E-state index in [-0.39, 0.29) is 0 Å². The van der Waals surface area contributed by atoms with Gasteiger partial charge in [0, 0.05) is 37.6 Å². The van der Waals surface area contributed by atoms with E-state index in [0.717, 1.165) is 39.0 Å². The molecule has 230 valence electrons. The largest absolute Gasteiger partial charge is 0.456 e. The number of rotatable bonds is 5. The first kappa shape index (κ1) is 27.9. The van der Waals surface area contributed by atoms with E-state index >= 15 is 0 Å². The number of hydrogen-bond donors (Lipinski definition) is 0. The molecular formula is C46H29NOS. The maximum Gasteiger partial charge on any atom is 0.136 e. The van der Waals surface area contributed by atoms with Gasteiger partial charge in [0.15, 0.2) is 0 Å². The molecule has 0 fully saturated rings. The van der Waals surface area contributed by atoms with Crippen LogP contribution < -0.4 is 4.90 Å². The number of furan rings is 1. The van der Waals surface area contributed by atoms with E-state index in [2.05, 4.69) is 181 Å². The molecule has 2 heterocycles. The van der Waals surface area contributed by atoms with Crippen LogP contribution in [0.4, 0.5) is 17.1 Å². The third-order valence-corrected chi connectivity index (χ3v) is 10.9. The molecule has 0 aliphatic carbocycles. The highest BCUT2D eigenvalue weighted by Crippen LogP contribution is 2.47. The predicted molar refractivity (Wildman–Crippen MR) is 210 cm³/mol. The zero-order valence-corrected chi connectivity index (χ0v) is 27.3. The Morgan fingerprint density at radius 3 is 1.84 bits per heavy atom. The second-order valence-corrected chi connectivity index (χ2v) is 13.5. The summed E-state index contributed by atoms with van der Waals surface area (Å²) in [5.74, 6) is 0. The molecule has 0 aliphatic heterocycles.